The van der Waals surface area contributed by atoms with Gasteiger partial charge in [-0.05, 0) is 50.3 Å². The summed E-state index contributed by atoms with van der Waals surface area (Å²) in [6, 6.07) is 8.61. The van der Waals surface area contributed by atoms with Crippen molar-refractivity contribution < 1.29 is 0 Å². The molecule has 1 atom stereocenters. The van der Waals surface area contributed by atoms with Crippen LogP contribution in [0.4, 0.5) is 0 Å². The molecule has 2 rings (SSSR count). The summed E-state index contributed by atoms with van der Waals surface area (Å²) in [7, 11) is 1.97. The first-order valence-electron chi connectivity index (χ1n) is 8.97. The molecule has 1 heterocycles. The molecule has 1 aromatic heterocycles. The molecule has 0 aliphatic carbocycles. The van der Waals surface area contributed by atoms with E-state index in [9.17, 15) is 0 Å². The van der Waals surface area contributed by atoms with Gasteiger partial charge in [-0.1, -0.05) is 24.3 Å². The second-order valence-corrected chi connectivity index (χ2v) is 7.37. The minimum absolute atomic E-state index is 0.171. The van der Waals surface area contributed by atoms with Crippen LogP contribution in [0.5, 0.6) is 0 Å². The first kappa shape index (κ1) is 20.3. The molecule has 0 fully saturated rings. The quantitative estimate of drug-likeness (QED) is 0.422. The number of rotatable bonds is 8. The van der Waals surface area contributed by atoms with Crippen LogP contribution >= 0.6 is 11.8 Å². The van der Waals surface area contributed by atoms with Crippen LogP contribution in [0, 0.1) is 13.8 Å². The van der Waals surface area contributed by atoms with Crippen molar-refractivity contribution in [3.05, 3.63) is 47.0 Å². The predicted molar refractivity (Wildman–Crippen MR) is 111 cm³/mol. The molecular formula is C19H30N6S. The van der Waals surface area contributed by atoms with Gasteiger partial charge in [0.2, 0.25) is 0 Å². The van der Waals surface area contributed by atoms with Crippen molar-refractivity contribution in [2.75, 3.05) is 18.6 Å². The van der Waals surface area contributed by atoms with E-state index in [1.165, 1.54) is 11.1 Å². The third-order valence-electron chi connectivity index (χ3n) is 4.39. The molecule has 2 N–H and O–H groups in total. The highest BCUT2D eigenvalue weighted by Gasteiger charge is 2.11. The second-order valence-electron chi connectivity index (χ2n) is 6.38. The molecule has 1 aromatic carbocycles. The zero-order chi connectivity index (χ0) is 18.9. The van der Waals surface area contributed by atoms with Crippen LogP contribution in [0.3, 0.4) is 0 Å². The van der Waals surface area contributed by atoms with Crippen LogP contribution in [0.25, 0.3) is 0 Å². The molecule has 6 nitrogen and oxygen atoms in total. The molecule has 142 valence electrons. The Balaban J connectivity index is 2.08. The van der Waals surface area contributed by atoms with Gasteiger partial charge in [0.1, 0.15) is 12.4 Å². The summed E-state index contributed by atoms with van der Waals surface area (Å²) in [6.07, 6.45) is 3.23. The van der Waals surface area contributed by atoms with Gasteiger partial charge >= 0.3 is 0 Å². The number of hydrogen-bond donors (Lipinski definition) is 2. The number of aryl methyl sites for hydroxylation is 2. The average molecular weight is 375 g/mol. The summed E-state index contributed by atoms with van der Waals surface area (Å²) < 4.78 is 1.97. The van der Waals surface area contributed by atoms with Crippen LogP contribution in [0.2, 0.25) is 0 Å². The molecule has 0 saturated carbocycles. The number of benzene rings is 1. The van der Waals surface area contributed by atoms with E-state index in [4.69, 9.17) is 4.99 Å². The Bertz CT molecular complexity index is 725. The molecule has 0 spiro atoms. The Morgan fingerprint density at radius 2 is 2.04 bits per heavy atom. The largest absolute Gasteiger partial charge is 0.356 e. The maximum atomic E-state index is 4.73. The van der Waals surface area contributed by atoms with Crippen LogP contribution in [0.1, 0.15) is 42.2 Å². The molecule has 7 heteroatoms. The maximum absolute atomic E-state index is 4.73. The fourth-order valence-electron chi connectivity index (χ4n) is 2.67. The van der Waals surface area contributed by atoms with Crippen LogP contribution in [-0.4, -0.2) is 39.3 Å². The zero-order valence-corrected chi connectivity index (χ0v) is 17.2. The van der Waals surface area contributed by atoms with Gasteiger partial charge in [-0.15, -0.1) is 10.2 Å². The fourth-order valence-corrected chi connectivity index (χ4v) is 3.10. The summed E-state index contributed by atoms with van der Waals surface area (Å²) in [4.78, 5) is 4.73. The first-order valence-corrected chi connectivity index (χ1v) is 10.4. The zero-order valence-electron chi connectivity index (χ0n) is 16.4. The highest BCUT2D eigenvalue weighted by molar-refractivity contribution is 7.98. The topological polar surface area (TPSA) is 67.1 Å². The molecule has 0 amide bonds. The van der Waals surface area contributed by atoms with Crippen molar-refractivity contribution >= 4 is 17.7 Å². The minimum Gasteiger partial charge on any atom is -0.356 e. The average Bonchev–Trinajstić information content (AvgIpc) is 2.95. The third-order valence-corrected chi connectivity index (χ3v) is 5.08. The molecule has 0 aliphatic rings. The number of guanidine groups is 1. The van der Waals surface area contributed by atoms with Crippen molar-refractivity contribution in [2.45, 2.75) is 39.8 Å². The van der Waals surface area contributed by atoms with Crippen LogP contribution < -0.4 is 10.6 Å². The normalized spacial score (nSPS) is 12.9. The Morgan fingerprint density at radius 1 is 1.27 bits per heavy atom. The minimum atomic E-state index is 0.171. The summed E-state index contributed by atoms with van der Waals surface area (Å²) >= 11 is 1.86. The molecule has 1 unspecified atom stereocenters. The van der Waals surface area contributed by atoms with Crippen molar-refractivity contribution in [3.63, 3.8) is 0 Å². The van der Waals surface area contributed by atoms with Gasteiger partial charge in [-0.25, -0.2) is 4.99 Å². The maximum Gasteiger partial charge on any atom is 0.192 e. The van der Waals surface area contributed by atoms with E-state index in [-0.39, 0.29) is 6.04 Å². The van der Waals surface area contributed by atoms with Gasteiger partial charge < -0.3 is 15.2 Å². The van der Waals surface area contributed by atoms with E-state index >= 15 is 0 Å². The molecule has 0 saturated heterocycles. The molecule has 0 radical (unpaired) electrons. The number of thioether (sulfide) groups is 1. The van der Waals surface area contributed by atoms with E-state index in [1.54, 1.807) is 0 Å². The summed E-state index contributed by atoms with van der Waals surface area (Å²) in [5.74, 6) is 3.69. The molecule has 26 heavy (non-hydrogen) atoms. The Hall–Kier alpha value is -2.02. The Labute approximate surface area is 160 Å². The predicted octanol–water partition coefficient (Wildman–Crippen LogP) is 2.98. The van der Waals surface area contributed by atoms with Crippen molar-refractivity contribution in [2.24, 2.45) is 12.0 Å². The number of hydrogen-bond acceptors (Lipinski definition) is 4. The van der Waals surface area contributed by atoms with Gasteiger partial charge in [0.05, 0.1) is 6.04 Å². The van der Waals surface area contributed by atoms with E-state index in [2.05, 4.69) is 65.2 Å². The van der Waals surface area contributed by atoms with E-state index in [0.29, 0.717) is 6.54 Å². The number of nitrogens with one attached hydrogen (secondary N) is 2. The smallest absolute Gasteiger partial charge is 0.192 e. The monoisotopic (exact) mass is 374 g/mol. The van der Waals surface area contributed by atoms with Gasteiger partial charge in [-0.2, -0.15) is 11.8 Å². The van der Waals surface area contributed by atoms with Crippen molar-refractivity contribution in [1.82, 2.24) is 25.4 Å². The SMILES string of the molecule is CSCCCNC(=NCc1nnc(C)n1C)NC(C)c1ccccc1C. The number of aromatic nitrogens is 3. The lowest BCUT2D eigenvalue weighted by Gasteiger charge is -2.20. The van der Waals surface area contributed by atoms with Gasteiger partial charge in [0.15, 0.2) is 11.8 Å². The summed E-state index contributed by atoms with van der Waals surface area (Å²) in [5.41, 5.74) is 2.55. The van der Waals surface area contributed by atoms with Crippen molar-refractivity contribution in [3.8, 4) is 0 Å². The Morgan fingerprint density at radius 3 is 2.69 bits per heavy atom. The van der Waals surface area contributed by atoms with Gasteiger partial charge in [-0.3, -0.25) is 0 Å². The highest BCUT2D eigenvalue weighted by atomic mass is 32.2. The van der Waals surface area contributed by atoms with Crippen LogP contribution in [-0.2, 0) is 13.6 Å². The lowest BCUT2D eigenvalue weighted by molar-refractivity contribution is 0.670. The highest BCUT2D eigenvalue weighted by Crippen LogP contribution is 2.16. The second kappa shape index (κ2) is 10.2. The van der Waals surface area contributed by atoms with Gasteiger partial charge in [0, 0.05) is 13.6 Å². The third kappa shape index (κ3) is 5.76. The van der Waals surface area contributed by atoms with E-state index < -0.39 is 0 Å². The first-order chi connectivity index (χ1) is 12.5. The van der Waals surface area contributed by atoms with Crippen LogP contribution in [0.15, 0.2) is 29.3 Å². The fraction of sp³-hybridized carbons (Fsp3) is 0.526. The Kier molecular flexibility index (Phi) is 7.97. The van der Waals surface area contributed by atoms with E-state index in [0.717, 1.165) is 36.3 Å². The summed E-state index contributed by atoms with van der Waals surface area (Å²) in [5, 5.41) is 15.3. The standard InChI is InChI=1S/C19H30N6S/c1-14-9-6-7-10-17(14)15(2)22-19(20-11-8-12-26-5)21-13-18-24-23-16(3)25(18)4/h6-7,9-10,15H,8,11-13H2,1-5H3,(H2,20,21,22). The summed E-state index contributed by atoms with van der Waals surface area (Å²) in [6.45, 7) is 7.63. The van der Waals surface area contributed by atoms with E-state index in [1.807, 2.05) is 30.3 Å². The lowest BCUT2D eigenvalue weighted by atomic mass is 10.0. The molecular weight excluding hydrogens is 344 g/mol. The number of nitrogens with zero attached hydrogens (tertiary/aromatic N) is 4. The molecule has 0 bridgehead atoms. The molecule has 0 aliphatic heterocycles. The van der Waals surface area contributed by atoms with Crippen molar-refractivity contribution in [1.29, 1.82) is 0 Å². The molecule has 2 aromatic rings. The van der Waals surface area contributed by atoms with Gasteiger partial charge in [0.25, 0.3) is 0 Å². The lowest BCUT2D eigenvalue weighted by Crippen LogP contribution is -2.39. The number of aliphatic imine (C=N–C) groups is 1.